The van der Waals surface area contributed by atoms with Crippen molar-refractivity contribution in [2.45, 2.75) is 40.2 Å². The molecule has 1 atom stereocenters. The van der Waals surface area contributed by atoms with Crippen LogP contribution in [0.2, 0.25) is 0 Å². The van der Waals surface area contributed by atoms with Crippen molar-refractivity contribution in [2.75, 3.05) is 20.3 Å². The van der Waals surface area contributed by atoms with Crippen LogP contribution in [-0.4, -0.2) is 26.3 Å². The van der Waals surface area contributed by atoms with Gasteiger partial charge in [0.05, 0.1) is 13.7 Å². The lowest BCUT2D eigenvalue weighted by atomic mass is 10.1. The van der Waals surface area contributed by atoms with E-state index in [0.29, 0.717) is 12.6 Å². The Morgan fingerprint density at radius 3 is 2.65 bits per heavy atom. The first-order chi connectivity index (χ1) is 9.62. The van der Waals surface area contributed by atoms with E-state index in [1.807, 2.05) is 19.1 Å². The maximum atomic E-state index is 5.53. The third kappa shape index (κ3) is 4.89. The van der Waals surface area contributed by atoms with Gasteiger partial charge in [0.15, 0.2) is 11.5 Å². The molecule has 3 heteroatoms. The lowest BCUT2D eigenvalue weighted by Gasteiger charge is -2.14. The third-order valence-corrected chi connectivity index (χ3v) is 3.27. The molecule has 0 aliphatic carbocycles. The Bertz CT molecular complexity index is 441. The number of nitrogens with one attached hydrogen (secondary N) is 1. The van der Waals surface area contributed by atoms with Crippen molar-refractivity contribution >= 4 is 6.08 Å². The lowest BCUT2D eigenvalue weighted by Crippen LogP contribution is -2.27. The van der Waals surface area contributed by atoms with E-state index in [1.54, 1.807) is 7.11 Å². The zero-order valence-electron chi connectivity index (χ0n) is 13.3. The van der Waals surface area contributed by atoms with Crippen LogP contribution in [0.1, 0.15) is 39.7 Å². The Balaban J connectivity index is 2.85. The smallest absolute Gasteiger partial charge is 0.161 e. The highest BCUT2D eigenvalue weighted by molar-refractivity contribution is 5.58. The first-order valence-electron chi connectivity index (χ1n) is 7.34. The molecule has 0 bridgehead atoms. The molecule has 0 saturated carbocycles. The van der Waals surface area contributed by atoms with Crippen LogP contribution in [0.25, 0.3) is 6.08 Å². The summed E-state index contributed by atoms with van der Waals surface area (Å²) in [5, 5.41) is 3.49. The van der Waals surface area contributed by atoms with E-state index in [0.717, 1.165) is 30.0 Å². The minimum atomic E-state index is 0.382. The van der Waals surface area contributed by atoms with Gasteiger partial charge in [-0.25, -0.2) is 0 Å². The molecule has 0 saturated heterocycles. The summed E-state index contributed by atoms with van der Waals surface area (Å²) in [6.45, 7) is 10.2. The van der Waals surface area contributed by atoms with Crippen molar-refractivity contribution < 1.29 is 9.47 Å². The Morgan fingerprint density at radius 1 is 1.30 bits per heavy atom. The number of hydrogen-bond donors (Lipinski definition) is 1. The predicted molar refractivity (Wildman–Crippen MR) is 85.6 cm³/mol. The molecule has 1 aromatic carbocycles. The number of rotatable bonds is 8. The van der Waals surface area contributed by atoms with Crippen LogP contribution < -0.4 is 14.8 Å². The van der Waals surface area contributed by atoms with Crippen LogP contribution >= 0.6 is 0 Å². The van der Waals surface area contributed by atoms with Gasteiger partial charge in [-0.3, -0.25) is 0 Å². The van der Waals surface area contributed by atoms with Gasteiger partial charge in [-0.15, -0.1) is 0 Å². The molecule has 1 aromatic rings. The Hall–Kier alpha value is -1.48. The minimum Gasteiger partial charge on any atom is -0.493 e. The van der Waals surface area contributed by atoms with E-state index in [4.69, 9.17) is 9.47 Å². The van der Waals surface area contributed by atoms with E-state index in [1.165, 1.54) is 5.57 Å². The fourth-order valence-corrected chi connectivity index (χ4v) is 1.96. The Morgan fingerprint density at radius 2 is 2.05 bits per heavy atom. The topological polar surface area (TPSA) is 30.5 Å². The monoisotopic (exact) mass is 277 g/mol. The SMILES string of the molecule is CCCNC(C)/C(C)=C/c1ccc(OCC)c(OC)c1. The zero-order valence-corrected chi connectivity index (χ0v) is 13.3. The van der Waals surface area contributed by atoms with Crippen molar-refractivity contribution in [3.8, 4) is 11.5 Å². The highest BCUT2D eigenvalue weighted by atomic mass is 16.5. The summed E-state index contributed by atoms with van der Waals surface area (Å²) in [7, 11) is 1.67. The molecule has 0 fully saturated rings. The number of hydrogen-bond acceptors (Lipinski definition) is 3. The summed E-state index contributed by atoms with van der Waals surface area (Å²) in [5.74, 6) is 1.57. The normalized spacial score (nSPS) is 13.2. The summed E-state index contributed by atoms with van der Waals surface area (Å²) in [6, 6.07) is 6.42. The van der Waals surface area contributed by atoms with Gasteiger partial charge in [0.25, 0.3) is 0 Å². The van der Waals surface area contributed by atoms with Gasteiger partial charge in [-0.05, 0) is 51.4 Å². The molecule has 0 amide bonds. The maximum Gasteiger partial charge on any atom is 0.161 e. The van der Waals surface area contributed by atoms with Crippen molar-refractivity contribution in [1.82, 2.24) is 5.32 Å². The minimum absolute atomic E-state index is 0.382. The zero-order chi connectivity index (χ0) is 15.0. The van der Waals surface area contributed by atoms with Crippen LogP contribution in [0.4, 0.5) is 0 Å². The van der Waals surface area contributed by atoms with Gasteiger partial charge in [0, 0.05) is 6.04 Å². The summed E-state index contributed by atoms with van der Waals surface area (Å²) >= 11 is 0. The molecule has 0 aliphatic heterocycles. The van der Waals surface area contributed by atoms with Gasteiger partial charge in [0.1, 0.15) is 0 Å². The fraction of sp³-hybridized carbons (Fsp3) is 0.529. The molecule has 0 radical (unpaired) electrons. The van der Waals surface area contributed by atoms with Gasteiger partial charge in [0.2, 0.25) is 0 Å². The van der Waals surface area contributed by atoms with E-state index in [-0.39, 0.29) is 0 Å². The molecular weight excluding hydrogens is 250 g/mol. The average molecular weight is 277 g/mol. The van der Waals surface area contributed by atoms with E-state index in [9.17, 15) is 0 Å². The van der Waals surface area contributed by atoms with Crippen molar-refractivity contribution in [1.29, 1.82) is 0 Å². The number of ether oxygens (including phenoxy) is 2. The predicted octanol–water partition coefficient (Wildman–Crippen LogP) is 3.89. The molecule has 0 aromatic heterocycles. The highest BCUT2D eigenvalue weighted by Crippen LogP contribution is 2.29. The van der Waals surface area contributed by atoms with Crippen molar-refractivity contribution in [3.63, 3.8) is 0 Å². The second-order valence-electron chi connectivity index (χ2n) is 4.91. The van der Waals surface area contributed by atoms with Crippen LogP contribution in [-0.2, 0) is 0 Å². The Kier molecular flexibility index (Phi) is 7.16. The molecular formula is C17H27NO2. The Labute approximate surface area is 123 Å². The number of benzene rings is 1. The van der Waals surface area contributed by atoms with Crippen LogP contribution in [0.3, 0.4) is 0 Å². The number of methoxy groups -OCH3 is 1. The van der Waals surface area contributed by atoms with Gasteiger partial charge < -0.3 is 14.8 Å². The van der Waals surface area contributed by atoms with Crippen molar-refractivity contribution in [2.24, 2.45) is 0 Å². The largest absolute Gasteiger partial charge is 0.493 e. The average Bonchev–Trinajstić information content (AvgIpc) is 2.46. The summed E-state index contributed by atoms with van der Waals surface area (Å²) in [4.78, 5) is 0. The van der Waals surface area contributed by atoms with Crippen molar-refractivity contribution in [3.05, 3.63) is 29.3 Å². The second-order valence-corrected chi connectivity index (χ2v) is 4.91. The molecule has 20 heavy (non-hydrogen) atoms. The van der Waals surface area contributed by atoms with Crippen LogP contribution in [0, 0.1) is 0 Å². The first kappa shape index (κ1) is 16.6. The van der Waals surface area contributed by atoms with Gasteiger partial charge in [-0.2, -0.15) is 0 Å². The van der Waals surface area contributed by atoms with E-state index < -0.39 is 0 Å². The van der Waals surface area contributed by atoms with Gasteiger partial charge >= 0.3 is 0 Å². The van der Waals surface area contributed by atoms with Crippen LogP contribution in [0.15, 0.2) is 23.8 Å². The van der Waals surface area contributed by atoms with E-state index >= 15 is 0 Å². The third-order valence-electron chi connectivity index (χ3n) is 3.27. The second kappa shape index (κ2) is 8.64. The first-order valence-corrected chi connectivity index (χ1v) is 7.34. The fourth-order valence-electron chi connectivity index (χ4n) is 1.96. The molecule has 0 spiro atoms. The quantitative estimate of drug-likeness (QED) is 0.782. The van der Waals surface area contributed by atoms with E-state index in [2.05, 4.69) is 38.2 Å². The highest BCUT2D eigenvalue weighted by Gasteiger charge is 2.06. The molecule has 0 aliphatic rings. The standard InChI is InChI=1S/C17H27NO2/c1-6-10-18-14(4)13(3)11-15-8-9-16(20-7-2)17(12-15)19-5/h8-9,11-12,14,18H,6-7,10H2,1-5H3/b13-11+. The maximum absolute atomic E-state index is 5.53. The molecule has 1 unspecified atom stereocenters. The van der Waals surface area contributed by atoms with Gasteiger partial charge in [-0.1, -0.05) is 24.6 Å². The molecule has 1 rings (SSSR count). The summed E-state index contributed by atoms with van der Waals surface area (Å²) in [6.07, 6.45) is 3.33. The summed E-state index contributed by atoms with van der Waals surface area (Å²) < 4.78 is 10.9. The summed E-state index contributed by atoms with van der Waals surface area (Å²) in [5.41, 5.74) is 2.44. The molecule has 112 valence electrons. The van der Waals surface area contributed by atoms with Crippen LogP contribution in [0.5, 0.6) is 11.5 Å². The molecule has 3 nitrogen and oxygen atoms in total. The molecule has 0 heterocycles. The molecule has 1 N–H and O–H groups in total. The lowest BCUT2D eigenvalue weighted by molar-refractivity contribution is 0.311.